The van der Waals surface area contributed by atoms with Crippen LogP contribution in [0.25, 0.3) is 0 Å². The Hall–Kier alpha value is -1.06. The lowest BCUT2D eigenvalue weighted by Crippen LogP contribution is -2.54. The molecule has 1 aromatic carbocycles. The van der Waals surface area contributed by atoms with Crippen LogP contribution in [-0.2, 0) is 16.0 Å². The molecule has 2 rings (SSSR count). The minimum atomic E-state index is 0. The molecule has 1 saturated heterocycles. The Labute approximate surface area is 177 Å². The summed E-state index contributed by atoms with van der Waals surface area (Å²) in [4.78, 5) is 20.9. The first-order valence-corrected chi connectivity index (χ1v) is 8.98. The molecular formula is C18H28ClIN4O2. The fourth-order valence-electron chi connectivity index (χ4n) is 2.85. The second kappa shape index (κ2) is 12.3. The summed E-state index contributed by atoms with van der Waals surface area (Å²) in [5.41, 5.74) is 0.954. The fraction of sp³-hybridized carbons (Fsp3) is 0.556. The van der Waals surface area contributed by atoms with Gasteiger partial charge in [0, 0.05) is 58.5 Å². The molecule has 1 heterocycles. The van der Waals surface area contributed by atoms with Crippen molar-refractivity contribution in [2.45, 2.75) is 12.8 Å². The van der Waals surface area contributed by atoms with Crippen molar-refractivity contribution < 1.29 is 9.53 Å². The molecule has 6 nitrogen and oxygen atoms in total. The highest BCUT2D eigenvalue weighted by atomic mass is 127. The summed E-state index contributed by atoms with van der Waals surface area (Å²) in [6, 6.07) is 7.48. The summed E-state index contributed by atoms with van der Waals surface area (Å²) in [7, 11) is 3.49. The van der Waals surface area contributed by atoms with E-state index in [9.17, 15) is 4.79 Å². The molecule has 8 heteroatoms. The number of methoxy groups -OCH3 is 1. The molecule has 1 fully saturated rings. The van der Waals surface area contributed by atoms with E-state index in [-0.39, 0.29) is 29.9 Å². The second-order valence-electron chi connectivity index (χ2n) is 5.99. The van der Waals surface area contributed by atoms with Gasteiger partial charge in [0.1, 0.15) is 0 Å². The third kappa shape index (κ3) is 7.28. The maximum atomic E-state index is 12.5. The molecule has 1 aliphatic heterocycles. The van der Waals surface area contributed by atoms with Crippen molar-refractivity contribution in [3.63, 3.8) is 0 Å². The molecule has 1 aliphatic rings. The number of amides is 1. The van der Waals surface area contributed by atoms with Crippen LogP contribution in [0.5, 0.6) is 0 Å². The average Bonchev–Trinajstić information content (AvgIpc) is 2.62. The molecular weight excluding hydrogens is 467 g/mol. The predicted molar refractivity (Wildman–Crippen MR) is 117 cm³/mol. The molecule has 26 heavy (non-hydrogen) atoms. The Kier molecular flexibility index (Phi) is 10.9. The van der Waals surface area contributed by atoms with E-state index in [4.69, 9.17) is 16.3 Å². The summed E-state index contributed by atoms with van der Waals surface area (Å²) >= 11 is 5.99. The Bertz CT molecular complexity index is 592. The van der Waals surface area contributed by atoms with Gasteiger partial charge in [-0.2, -0.15) is 0 Å². The molecule has 0 radical (unpaired) electrons. The first-order valence-electron chi connectivity index (χ1n) is 8.61. The molecule has 0 bridgehead atoms. The normalized spacial score (nSPS) is 14.8. The largest absolute Gasteiger partial charge is 0.385 e. The number of hydrogen-bond acceptors (Lipinski definition) is 3. The number of piperazine rings is 1. The number of rotatable bonds is 6. The van der Waals surface area contributed by atoms with Crippen LogP contribution in [-0.4, -0.2) is 75.2 Å². The molecule has 1 aromatic rings. The zero-order valence-electron chi connectivity index (χ0n) is 15.4. The van der Waals surface area contributed by atoms with Gasteiger partial charge in [0.25, 0.3) is 0 Å². The van der Waals surface area contributed by atoms with Crippen LogP contribution in [0.15, 0.2) is 29.3 Å². The quantitative estimate of drug-likeness (QED) is 0.285. The highest BCUT2D eigenvalue weighted by Gasteiger charge is 2.22. The van der Waals surface area contributed by atoms with Gasteiger partial charge in [-0.05, 0) is 24.1 Å². The lowest BCUT2D eigenvalue weighted by molar-refractivity contribution is -0.131. The van der Waals surface area contributed by atoms with Gasteiger partial charge in [0.15, 0.2) is 5.96 Å². The van der Waals surface area contributed by atoms with Crippen molar-refractivity contribution in [3.05, 3.63) is 34.9 Å². The zero-order valence-corrected chi connectivity index (χ0v) is 18.5. The Morgan fingerprint density at radius 3 is 2.58 bits per heavy atom. The van der Waals surface area contributed by atoms with Crippen LogP contribution < -0.4 is 5.32 Å². The Morgan fingerprint density at radius 1 is 1.27 bits per heavy atom. The maximum Gasteiger partial charge on any atom is 0.227 e. The van der Waals surface area contributed by atoms with Crippen LogP contribution in [0.4, 0.5) is 0 Å². The standard InChI is InChI=1S/C18H27ClN4O2.HI/c1-20-18(21-7-4-12-25-2)23-10-8-22(9-11-23)17(24)14-15-5-3-6-16(19)13-15;/h3,5-6,13H,4,7-12,14H2,1-2H3,(H,20,21);1H. The van der Waals surface area contributed by atoms with Crippen molar-refractivity contribution in [1.82, 2.24) is 15.1 Å². The van der Waals surface area contributed by atoms with Crippen LogP contribution >= 0.6 is 35.6 Å². The van der Waals surface area contributed by atoms with Gasteiger partial charge in [-0.3, -0.25) is 9.79 Å². The zero-order chi connectivity index (χ0) is 18.1. The highest BCUT2D eigenvalue weighted by Crippen LogP contribution is 2.13. The van der Waals surface area contributed by atoms with Crippen molar-refractivity contribution in [1.29, 1.82) is 0 Å². The topological polar surface area (TPSA) is 57.2 Å². The first kappa shape index (κ1) is 23.0. The van der Waals surface area contributed by atoms with Crippen LogP contribution in [0.3, 0.4) is 0 Å². The van der Waals surface area contributed by atoms with Crippen LogP contribution in [0.1, 0.15) is 12.0 Å². The fourth-order valence-corrected chi connectivity index (χ4v) is 3.06. The van der Waals surface area contributed by atoms with E-state index in [1.165, 1.54) is 0 Å². The third-order valence-corrected chi connectivity index (χ3v) is 4.43. The van der Waals surface area contributed by atoms with E-state index in [0.717, 1.165) is 44.2 Å². The number of carbonyl (C=O) groups excluding carboxylic acids is 1. The Balaban J connectivity index is 0.00000338. The average molecular weight is 495 g/mol. The number of nitrogens with zero attached hydrogens (tertiary/aromatic N) is 3. The SMILES string of the molecule is CN=C(NCCCOC)N1CCN(C(=O)Cc2cccc(Cl)c2)CC1.I. The third-order valence-electron chi connectivity index (χ3n) is 4.20. The van der Waals surface area contributed by atoms with Gasteiger partial charge in [-0.25, -0.2) is 0 Å². The summed E-state index contributed by atoms with van der Waals surface area (Å²) in [6.07, 6.45) is 1.33. The summed E-state index contributed by atoms with van der Waals surface area (Å²) in [5, 5.41) is 4.01. The van der Waals surface area contributed by atoms with Gasteiger partial charge >= 0.3 is 0 Å². The molecule has 0 saturated carbocycles. The smallest absolute Gasteiger partial charge is 0.227 e. The van der Waals surface area contributed by atoms with E-state index in [0.29, 0.717) is 24.5 Å². The summed E-state index contributed by atoms with van der Waals surface area (Å²) in [6.45, 7) is 4.54. The van der Waals surface area contributed by atoms with Gasteiger partial charge in [-0.15, -0.1) is 24.0 Å². The minimum Gasteiger partial charge on any atom is -0.385 e. The van der Waals surface area contributed by atoms with Gasteiger partial charge < -0.3 is 19.9 Å². The van der Waals surface area contributed by atoms with Gasteiger partial charge in [0.2, 0.25) is 5.91 Å². The number of guanidine groups is 1. The van der Waals surface area contributed by atoms with Gasteiger partial charge in [0.05, 0.1) is 6.42 Å². The lowest BCUT2D eigenvalue weighted by Gasteiger charge is -2.36. The van der Waals surface area contributed by atoms with Crippen molar-refractivity contribution in [3.8, 4) is 0 Å². The maximum absolute atomic E-state index is 12.5. The minimum absolute atomic E-state index is 0. The van der Waals surface area contributed by atoms with E-state index in [2.05, 4.69) is 15.2 Å². The van der Waals surface area contributed by atoms with E-state index >= 15 is 0 Å². The number of ether oxygens (including phenoxy) is 1. The number of carbonyl (C=O) groups is 1. The number of hydrogen-bond donors (Lipinski definition) is 1. The molecule has 0 aromatic heterocycles. The first-order chi connectivity index (χ1) is 12.1. The second-order valence-corrected chi connectivity index (χ2v) is 6.43. The van der Waals surface area contributed by atoms with E-state index in [1.54, 1.807) is 14.2 Å². The van der Waals surface area contributed by atoms with Crippen LogP contribution in [0.2, 0.25) is 5.02 Å². The number of halogens is 2. The lowest BCUT2D eigenvalue weighted by atomic mass is 10.1. The van der Waals surface area contributed by atoms with Crippen molar-refractivity contribution in [2.24, 2.45) is 4.99 Å². The summed E-state index contributed by atoms with van der Waals surface area (Å²) < 4.78 is 5.05. The Morgan fingerprint density at radius 2 is 1.96 bits per heavy atom. The van der Waals surface area contributed by atoms with E-state index in [1.807, 2.05) is 29.2 Å². The molecule has 0 spiro atoms. The highest BCUT2D eigenvalue weighted by molar-refractivity contribution is 14.0. The van der Waals surface area contributed by atoms with Crippen molar-refractivity contribution >= 4 is 47.4 Å². The van der Waals surface area contributed by atoms with Gasteiger partial charge in [-0.1, -0.05) is 23.7 Å². The van der Waals surface area contributed by atoms with E-state index < -0.39 is 0 Å². The molecule has 0 unspecified atom stereocenters. The van der Waals surface area contributed by atoms with Crippen LogP contribution in [0, 0.1) is 0 Å². The number of aliphatic imine (C=N–C) groups is 1. The number of nitrogens with one attached hydrogen (secondary N) is 1. The molecule has 0 atom stereocenters. The molecule has 1 amide bonds. The molecule has 0 aliphatic carbocycles. The summed E-state index contributed by atoms with van der Waals surface area (Å²) in [5.74, 6) is 1.03. The van der Waals surface area contributed by atoms with Crippen molar-refractivity contribution in [2.75, 3.05) is 53.5 Å². The predicted octanol–water partition coefficient (Wildman–Crippen LogP) is 2.26. The monoisotopic (exact) mass is 494 g/mol. The molecule has 1 N–H and O–H groups in total. The number of benzene rings is 1. The molecule has 146 valence electrons.